The number of aliphatic imine (C=N–C) groups is 1. The van der Waals surface area contributed by atoms with E-state index in [2.05, 4.69) is 39.0 Å². The van der Waals surface area contributed by atoms with Crippen molar-refractivity contribution < 1.29 is 27.5 Å². The molecule has 0 unspecified atom stereocenters. The standard InChI is InChI=1S/C33H33F3N6O3S/c1-21(2)29-22(3)7-6-9-27(29)42-28(43)19-46-32(42)39-31(44)37-18-5-4-8-23-10-12-24(13-11-23)30-38-20-41(40-30)25-14-16-26(17-15-25)45-33(34,35)36/h6-7,9-17,20-21H,4-5,8,18-19H2,1-3H3,(H,37,44). The van der Waals surface area contributed by atoms with Crippen LogP contribution >= 0.6 is 11.8 Å². The summed E-state index contributed by atoms with van der Waals surface area (Å²) < 4.78 is 42.6. The molecule has 9 nitrogen and oxygen atoms in total. The van der Waals surface area contributed by atoms with Crippen LogP contribution in [0.1, 0.15) is 49.3 Å². The largest absolute Gasteiger partial charge is 0.573 e. The number of aryl methyl sites for hydroxylation is 2. The molecule has 1 saturated heterocycles. The highest BCUT2D eigenvalue weighted by atomic mass is 32.2. The topological polar surface area (TPSA) is 102 Å². The molecule has 1 aromatic heterocycles. The molecule has 46 heavy (non-hydrogen) atoms. The molecule has 0 atom stereocenters. The number of hydrogen-bond donors (Lipinski definition) is 1. The molecule has 1 fully saturated rings. The van der Waals surface area contributed by atoms with Crippen LogP contribution < -0.4 is 15.0 Å². The SMILES string of the molecule is Cc1cccc(N2C(=O)CSC2=NC(=O)NCCCCc2ccc(-c3ncn(-c4ccc(OC(F)(F)F)cc4)n3)cc2)c1C(C)C. The molecular weight excluding hydrogens is 617 g/mol. The number of unbranched alkanes of at least 4 members (excludes halogenated alkanes) is 1. The van der Waals surface area contributed by atoms with Gasteiger partial charge in [0.25, 0.3) is 0 Å². The number of hydrogen-bond acceptors (Lipinski definition) is 6. The molecule has 2 heterocycles. The van der Waals surface area contributed by atoms with E-state index in [0.29, 0.717) is 23.2 Å². The number of thioether (sulfide) groups is 1. The molecule has 0 bridgehead atoms. The summed E-state index contributed by atoms with van der Waals surface area (Å²) in [5.41, 5.74) is 5.40. The Bertz CT molecular complexity index is 1720. The minimum Gasteiger partial charge on any atom is -0.406 e. The van der Waals surface area contributed by atoms with Gasteiger partial charge in [-0.1, -0.05) is 62.0 Å². The van der Waals surface area contributed by atoms with Gasteiger partial charge in [0.05, 0.1) is 17.1 Å². The molecule has 1 aliphatic heterocycles. The number of nitrogens with zero attached hydrogens (tertiary/aromatic N) is 5. The first-order valence-corrected chi connectivity index (χ1v) is 15.8. The molecule has 1 aliphatic rings. The van der Waals surface area contributed by atoms with E-state index in [9.17, 15) is 22.8 Å². The average molecular weight is 651 g/mol. The zero-order valence-electron chi connectivity index (χ0n) is 25.5. The van der Waals surface area contributed by atoms with Gasteiger partial charge in [0.15, 0.2) is 11.0 Å². The first-order valence-electron chi connectivity index (χ1n) is 14.8. The van der Waals surface area contributed by atoms with Crippen molar-refractivity contribution in [2.45, 2.75) is 52.3 Å². The lowest BCUT2D eigenvalue weighted by Crippen LogP contribution is -2.32. The maximum atomic E-state index is 12.7. The molecule has 240 valence electrons. The maximum absolute atomic E-state index is 12.7. The second-order valence-electron chi connectivity index (χ2n) is 11.0. The van der Waals surface area contributed by atoms with Crippen LogP contribution in [0, 0.1) is 6.92 Å². The fourth-order valence-electron chi connectivity index (χ4n) is 5.21. The summed E-state index contributed by atoms with van der Waals surface area (Å²) >= 11 is 1.27. The Morgan fingerprint density at radius 3 is 2.50 bits per heavy atom. The third-order valence-electron chi connectivity index (χ3n) is 7.29. The van der Waals surface area contributed by atoms with Gasteiger partial charge >= 0.3 is 12.4 Å². The highest BCUT2D eigenvalue weighted by molar-refractivity contribution is 8.15. The number of aromatic nitrogens is 3. The molecule has 0 aliphatic carbocycles. The summed E-state index contributed by atoms with van der Waals surface area (Å²) in [7, 11) is 0. The number of benzene rings is 3. The predicted octanol–water partition coefficient (Wildman–Crippen LogP) is 7.43. The van der Waals surface area contributed by atoms with E-state index in [1.54, 1.807) is 4.90 Å². The Kier molecular flexibility index (Phi) is 10.1. The maximum Gasteiger partial charge on any atom is 0.573 e. The average Bonchev–Trinajstić information content (AvgIpc) is 3.63. The van der Waals surface area contributed by atoms with Crippen LogP contribution in [-0.2, 0) is 11.2 Å². The summed E-state index contributed by atoms with van der Waals surface area (Å²) in [6, 6.07) is 18.5. The summed E-state index contributed by atoms with van der Waals surface area (Å²) in [6.45, 7) is 6.64. The Morgan fingerprint density at radius 1 is 1.07 bits per heavy atom. The smallest absolute Gasteiger partial charge is 0.406 e. The highest BCUT2D eigenvalue weighted by Crippen LogP contribution is 2.35. The lowest BCUT2D eigenvalue weighted by atomic mass is 9.95. The van der Waals surface area contributed by atoms with Crippen molar-refractivity contribution in [1.82, 2.24) is 20.1 Å². The van der Waals surface area contributed by atoms with Gasteiger partial charge in [-0.3, -0.25) is 9.69 Å². The molecular formula is C33H33F3N6O3S. The normalized spacial score (nSPS) is 14.4. The number of urea groups is 1. The minimum absolute atomic E-state index is 0.0904. The fraction of sp³-hybridized carbons (Fsp3) is 0.303. The fourth-order valence-corrected chi connectivity index (χ4v) is 6.07. The van der Waals surface area contributed by atoms with E-state index in [1.165, 1.54) is 47.0 Å². The van der Waals surface area contributed by atoms with Crippen LogP contribution in [0.4, 0.5) is 23.7 Å². The Morgan fingerprint density at radius 2 is 1.80 bits per heavy atom. The summed E-state index contributed by atoms with van der Waals surface area (Å²) in [6.07, 6.45) is -0.850. The molecule has 1 N–H and O–H groups in total. The number of carbonyl (C=O) groups is 2. The molecule has 0 saturated carbocycles. The molecule has 0 spiro atoms. The van der Waals surface area contributed by atoms with Crippen LogP contribution in [0.2, 0.25) is 0 Å². The molecule has 0 radical (unpaired) electrons. The Labute approximate surface area is 268 Å². The van der Waals surface area contributed by atoms with Crippen LogP contribution in [0.25, 0.3) is 17.1 Å². The number of ether oxygens (including phenoxy) is 1. The molecule has 3 amide bonds. The van der Waals surface area contributed by atoms with Crippen molar-refractivity contribution in [2.24, 2.45) is 4.99 Å². The third-order valence-corrected chi connectivity index (χ3v) is 8.21. The van der Waals surface area contributed by atoms with Crippen molar-refractivity contribution in [3.8, 4) is 22.8 Å². The summed E-state index contributed by atoms with van der Waals surface area (Å²) in [4.78, 5) is 35.5. The van der Waals surface area contributed by atoms with Crippen LogP contribution in [0.5, 0.6) is 5.75 Å². The predicted molar refractivity (Wildman–Crippen MR) is 172 cm³/mol. The van der Waals surface area contributed by atoms with E-state index >= 15 is 0 Å². The van der Waals surface area contributed by atoms with Gasteiger partial charge in [-0.05, 0) is 79.1 Å². The van der Waals surface area contributed by atoms with Crippen molar-refractivity contribution in [3.63, 3.8) is 0 Å². The van der Waals surface area contributed by atoms with Gasteiger partial charge in [-0.15, -0.1) is 18.3 Å². The van der Waals surface area contributed by atoms with Crippen molar-refractivity contribution in [2.75, 3.05) is 17.2 Å². The van der Waals surface area contributed by atoms with E-state index in [4.69, 9.17) is 0 Å². The number of amidine groups is 1. The van der Waals surface area contributed by atoms with Gasteiger partial charge < -0.3 is 10.1 Å². The van der Waals surface area contributed by atoms with Crippen LogP contribution in [0.15, 0.2) is 78.0 Å². The molecule has 5 rings (SSSR count). The van der Waals surface area contributed by atoms with Crippen molar-refractivity contribution in [3.05, 3.63) is 89.7 Å². The zero-order valence-corrected chi connectivity index (χ0v) is 26.4. The number of anilines is 1. The molecule has 13 heteroatoms. The monoisotopic (exact) mass is 650 g/mol. The van der Waals surface area contributed by atoms with Crippen molar-refractivity contribution in [1.29, 1.82) is 0 Å². The van der Waals surface area contributed by atoms with Gasteiger partial charge in [0.1, 0.15) is 12.1 Å². The number of halogens is 3. The number of carbonyl (C=O) groups excluding carboxylic acids is 2. The lowest BCUT2D eigenvalue weighted by Gasteiger charge is -2.23. The van der Waals surface area contributed by atoms with E-state index in [-0.39, 0.29) is 23.3 Å². The second kappa shape index (κ2) is 14.2. The van der Waals surface area contributed by atoms with Crippen LogP contribution in [-0.4, -0.2) is 50.5 Å². The van der Waals surface area contributed by atoms with Crippen LogP contribution in [0.3, 0.4) is 0 Å². The highest BCUT2D eigenvalue weighted by Gasteiger charge is 2.33. The van der Waals surface area contributed by atoms with Gasteiger partial charge in [-0.2, -0.15) is 4.99 Å². The minimum atomic E-state index is -4.75. The lowest BCUT2D eigenvalue weighted by molar-refractivity contribution is -0.274. The second-order valence-corrected chi connectivity index (χ2v) is 12.0. The Hall–Kier alpha value is -4.65. The number of nitrogens with one attached hydrogen (secondary N) is 1. The van der Waals surface area contributed by atoms with E-state index < -0.39 is 12.4 Å². The Balaban J connectivity index is 1.09. The molecule has 3 aromatic carbocycles. The third kappa shape index (κ3) is 8.13. The quantitative estimate of drug-likeness (QED) is 0.179. The number of alkyl halides is 3. The summed E-state index contributed by atoms with van der Waals surface area (Å²) in [5.74, 6) is 0.532. The van der Waals surface area contributed by atoms with E-state index in [0.717, 1.165) is 47.2 Å². The summed E-state index contributed by atoms with van der Waals surface area (Å²) in [5, 5.41) is 7.66. The number of amides is 3. The zero-order chi connectivity index (χ0) is 32.8. The first kappa shape index (κ1) is 32.7. The van der Waals surface area contributed by atoms with Crippen molar-refractivity contribution >= 4 is 34.6 Å². The van der Waals surface area contributed by atoms with E-state index in [1.807, 2.05) is 49.4 Å². The van der Waals surface area contributed by atoms with Gasteiger partial charge in [0, 0.05) is 12.1 Å². The van der Waals surface area contributed by atoms with Gasteiger partial charge in [0.2, 0.25) is 5.91 Å². The number of rotatable bonds is 10. The van der Waals surface area contributed by atoms with Gasteiger partial charge in [-0.25, -0.2) is 14.5 Å². The first-order chi connectivity index (χ1) is 22.0. The molecule has 4 aromatic rings.